The van der Waals surface area contributed by atoms with Gasteiger partial charge in [-0.2, -0.15) is 0 Å². The molecule has 0 saturated heterocycles. The number of rotatable bonds is 11. The van der Waals surface area contributed by atoms with Crippen LogP contribution in [0, 0.1) is 0 Å². The van der Waals surface area contributed by atoms with Crippen LogP contribution in [0.2, 0.25) is 0 Å². The Hall–Kier alpha value is -3.84. The Morgan fingerprint density at radius 2 is 0.941 bits per heavy atom. The van der Waals surface area contributed by atoms with E-state index in [-0.39, 0.29) is 11.5 Å². The SMILES string of the molecule is N[C@@H](COC(=O)C(O)C(O)C(=O)OC[C@H](N)C(=O)Oc1ccccc1)C(=O)Oc1ccccc1. The highest BCUT2D eigenvalue weighted by Crippen LogP contribution is 2.10. The summed E-state index contributed by atoms with van der Waals surface area (Å²) in [6.45, 7) is -1.39. The second kappa shape index (κ2) is 13.0. The molecule has 0 amide bonds. The van der Waals surface area contributed by atoms with E-state index < -0.39 is 61.4 Å². The number of aliphatic hydroxyl groups excluding tert-OH is 2. The fourth-order valence-corrected chi connectivity index (χ4v) is 2.27. The molecule has 0 heterocycles. The number of carbonyl (C=O) groups is 4. The van der Waals surface area contributed by atoms with Gasteiger partial charge in [0.2, 0.25) is 0 Å². The molecule has 4 atom stereocenters. The van der Waals surface area contributed by atoms with Crippen molar-refractivity contribution in [2.45, 2.75) is 24.3 Å². The fraction of sp³-hybridized carbons (Fsp3) is 0.273. The van der Waals surface area contributed by atoms with Gasteiger partial charge in [-0.05, 0) is 24.3 Å². The molecular formula is C22H24N2O10. The molecule has 0 aliphatic heterocycles. The lowest BCUT2D eigenvalue weighted by Crippen LogP contribution is -2.46. The topological polar surface area (TPSA) is 198 Å². The van der Waals surface area contributed by atoms with Gasteiger partial charge in [0.1, 0.15) is 36.8 Å². The molecule has 0 aliphatic rings. The molecule has 12 nitrogen and oxygen atoms in total. The van der Waals surface area contributed by atoms with Gasteiger partial charge < -0.3 is 40.6 Å². The molecule has 2 unspecified atom stereocenters. The normalized spacial score (nSPS) is 14.1. The van der Waals surface area contributed by atoms with Gasteiger partial charge in [-0.1, -0.05) is 36.4 Å². The van der Waals surface area contributed by atoms with Crippen molar-refractivity contribution < 1.29 is 48.3 Å². The third-order valence-electron chi connectivity index (χ3n) is 4.12. The van der Waals surface area contributed by atoms with E-state index in [0.29, 0.717) is 0 Å². The predicted octanol–water partition coefficient (Wildman–Crippen LogP) is -1.34. The largest absolute Gasteiger partial charge is 0.461 e. The molecule has 34 heavy (non-hydrogen) atoms. The van der Waals surface area contributed by atoms with Crippen LogP contribution in [0.1, 0.15) is 0 Å². The maximum atomic E-state index is 11.9. The zero-order valence-corrected chi connectivity index (χ0v) is 17.8. The Morgan fingerprint density at radius 3 is 1.26 bits per heavy atom. The Bertz CT molecular complexity index is 891. The van der Waals surface area contributed by atoms with Gasteiger partial charge >= 0.3 is 23.9 Å². The van der Waals surface area contributed by atoms with Crippen LogP contribution in [-0.2, 0) is 28.7 Å². The van der Waals surface area contributed by atoms with Crippen molar-refractivity contribution in [3.05, 3.63) is 60.7 Å². The first-order valence-corrected chi connectivity index (χ1v) is 9.93. The van der Waals surface area contributed by atoms with Crippen molar-refractivity contribution in [3.63, 3.8) is 0 Å². The molecule has 0 spiro atoms. The first-order valence-electron chi connectivity index (χ1n) is 9.93. The molecule has 0 bridgehead atoms. The Labute approximate surface area is 194 Å². The molecule has 2 aromatic carbocycles. The molecule has 12 heteroatoms. The maximum Gasteiger partial charge on any atom is 0.338 e. The van der Waals surface area contributed by atoms with Gasteiger partial charge in [0.05, 0.1) is 0 Å². The summed E-state index contributed by atoms with van der Waals surface area (Å²) in [5, 5.41) is 19.6. The maximum absolute atomic E-state index is 11.9. The standard InChI is InChI=1S/C22H24N2O10/c23-15(19(27)33-13-7-3-1-4-8-13)11-31-21(29)17(25)18(26)22(30)32-12-16(24)20(28)34-14-9-5-2-6-10-14/h1-10,15-18,25-26H,11-12,23-24H2/t15-,16-,17?,18?/m0/s1. The third kappa shape index (κ3) is 8.26. The number of benzene rings is 2. The zero-order valence-electron chi connectivity index (χ0n) is 17.8. The van der Waals surface area contributed by atoms with Crippen molar-refractivity contribution in [1.29, 1.82) is 0 Å². The lowest BCUT2D eigenvalue weighted by atomic mass is 10.2. The van der Waals surface area contributed by atoms with Gasteiger partial charge in [0.25, 0.3) is 0 Å². The van der Waals surface area contributed by atoms with Crippen LogP contribution in [0.4, 0.5) is 0 Å². The number of esters is 4. The highest BCUT2D eigenvalue weighted by molar-refractivity contribution is 5.86. The summed E-state index contributed by atoms with van der Waals surface area (Å²) in [5.74, 6) is -4.27. The zero-order chi connectivity index (χ0) is 25.1. The molecule has 6 N–H and O–H groups in total. The molecule has 0 saturated carbocycles. The quantitative estimate of drug-likeness (QED) is 0.220. The summed E-state index contributed by atoms with van der Waals surface area (Å²) < 4.78 is 19.2. The fourth-order valence-electron chi connectivity index (χ4n) is 2.27. The number of hydrogen-bond acceptors (Lipinski definition) is 12. The van der Waals surface area contributed by atoms with E-state index in [0.717, 1.165) is 0 Å². The number of nitrogens with two attached hydrogens (primary N) is 2. The van der Waals surface area contributed by atoms with Crippen molar-refractivity contribution >= 4 is 23.9 Å². The number of para-hydroxylation sites is 2. The molecule has 0 aromatic heterocycles. The lowest BCUT2D eigenvalue weighted by Gasteiger charge is -2.18. The summed E-state index contributed by atoms with van der Waals surface area (Å²) >= 11 is 0. The van der Waals surface area contributed by atoms with E-state index in [1.807, 2.05) is 0 Å². The van der Waals surface area contributed by atoms with Gasteiger partial charge in [0, 0.05) is 0 Å². The minimum absolute atomic E-state index is 0.221. The average Bonchev–Trinajstić information content (AvgIpc) is 2.85. The van der Waals surface area contributed by atoms with Crippen molar-refractivity contribution in [2.24, 2.45) is 11.5 Å². The molecule has 0 radical (unpaired) electrons. The van der Waals surface area contributed by atoms with E-state index in [4.69, 9.17) is 20.9 Å². The van der Waals surface area contributed by atoms with Crippen LogP contribution in [0.5, 0.6) is 11.5 Å². The summed E-state index contributed by atoms with van der Waals surface area (Å²) in [7, 11) is 0. The third-order valence-corrected chi connectivity index (χ3v) is 4.12. The van der Waals surface area contributed by atoms with Gasteiger partial charge in [-0.25, -0.2) is 19.2 Å². The molecule has 182 valence electrons. The average molecular weight is 476 g/mol. The van der Waals surface area contributed by atoms with E-state index in [1.165, 1.54) is 24.3 Å². The highest BCUT2D eigenvalue weighted by atomic mass is 16.6. The van der Waals surface area contributed by atoms with Crippen LogP contribution in [0.25, 0.3) is 0 Å². The van der Waals surface area contributed by atoms with Crippen molar-refractivity contribution in [1.82, 2.24) is 0 Å². The van der Waals surface area contributed by atoms with E-state index in [9.17, 15) is 29.4 Å². The first-order chi connectivity index (χ1) is 16.2. The molecule has 0 fully saturated rings. The Kier molecular flexibility index (Phi) is 10.1. The summed E-state index contributed by atoms with van der Waals surface area (Å²) in [6.07, 6.45) is -4.70. The summed E-state index contributed by atoms with van der Waals surface area (Å²) in [6, 6.07) is 13.2. The van der Waals surface area contributed by atoms with Crippen molar-refractivity contribution in [2.75, 3.05) is 13.2 Å². The molecule has 0 aliphatic carbocycles. The summed E-state index contributed by atoms with van der Waals surface area (Å²) in [5.41, 5.74) is 11.1. The number of carbonyl (C=O) groups excluding carboxylic acids is 4. The van der Waals surface area contributed by atoms with E-state index in [1.54, 1.807) is 36.4 Å². The monoisotopic (exact) mass is 476 g/mol. The van der Waals surface area contributed by atoms with Crippen LogP contribution in [-0.4, -0.2) is 71.6 Å². The minimum atomic E-state index is -2.35. The van der Waals surface area contributed by atoms with Crippen molar-refractivity contribution in [3.8, 4) is 11.5 Å². The molecular weight excluding hydrogens is 452 g/mol. The van der Waals surface area contributed by atoms with E-state index >= 15 is 0 Å². The number of aliphatic hydroxyl groups is 2. The van der Waals surface area contributed by atoms with Gasteiger partial charge in [0.15, 0.2) is 12.2 Å². The number of ether oxygens (including phenoxy) is 4. The highest BCUT2D eigenvalue weighted by Gasteiger charge is 2.34. The Morgan fingerprint density at radius 1 is 0.618 bits per heavy atom. The van der Waals surface area contributed by atoms with Gasteiger partial charge in [-0.15, -0.1) is 0 Å². The second-order valence-electron chi connectivity index (χ2n) is 6.83. The Balaban J connectivity index is 1.74. The van der Waals surface area contributed by atoms with Crippen LogP contribution >= 0.6 is 0 Å². The lowest BCUT2D eigenvalue weighted by molar-refractivity contribution is -0.174. The smallest absolute Gasteiger partial charge is 0.338 e. The summed E-state index contributed by atoms with van der Waals surface area (Å²) in [4.78, 5) is 47.5. The molecule has 2 rings (SSSR count). The number of hydrogen-bond donors (Lipinski definition) is 4. The molecule has 2 aromatic rings. The van der Waals surface area contributed by atoms with E-state index in [2.05, 4.69) is 9.47 Å². The predicted molar refractivity (Wildman–Crippen MR) is 114 cm³/mol. The van der Waals surface area contributed by atoms with Gasteiger partial charge in [-0.3, -0.25) is 0 Å². The van der Waals surface area contributed by atoms with Crippen LogP contribution in [0.3, 0.4) is 0 Å². The van der Waals surface area contributed by atoms with Crippen LogP contribution in [0.15, 0.2) is 60.7 Å². The van der Waals surface area contributed by atoms with Crippen LogP contribution < -0.4 is 20.9 Å². The second-order valence-corrected chi connectivity index (χ2v) is 6.83. The minimum Gasteiger partial charge on any atom is -0.461 e. The first kappa shape index (κ1) is 26.4.